The Morgan fingerprint density at radius 2 is 0.756 bits per heavy atom. The molecule has 0 saturated heterocycles. The molecule has 0 spiro atoms. The number of unbranched alkanes of at least 4 members (excludes halogenated alkanes) is 33. The number of phosphoric acid groups is 1. The van der Waals surface area contributed by atoms with Gasteiger partial charge in [0.2, 0.25) is 5.91 Å². The lowest BCUT2D eigenvalue weighted by Gasteiger charge is -2.29. The van der Waals surface area contributed by atoms with Crippen molar-refractivity contribution < 1.29 is 32.9 Å². The fraction of sp³-hybridized carbons (Fsp3) is 0.740. The van der Waals surface area contributed by atoms with E-state index in [1.54, 1.807) is 6.08 Å². The van der Waals surface area contributed by atoms with Crippen LogP contribution >= 0.6 is 7.82 Å². The maximum atomic E-state index is 13.0. The summed E-state index contributed by atoms with van der Waals surface area (Å²) in [6, 6.07) is -0.914. The van der Waals surface area contributed by atoms with Crippen molar-refractivity contribution in [3.63, 3.8) is 0 Å². The number of quaternary nitrogens is 1. The average Bonchev–Trinajstić information content (AvgIpc) is 3.47. The largest absolute Gasteiger partial charge is 0.756 e. The highest BCUT2D eigenvalue weighted by atomic mass is 31.2. The highest BCUT2D eigenvalue weighted by Crippen LogP contribution is 2.38. The number of aliphatic hydroxyl groups excluding tert-OH is 1. The van der Waals surface area contributed by atoms with E-state index in [4.69, 9.17) is 9.05 Å². The molecule has 3 unspecified atom stereocenters. The monoisotopic (exact) mass is 1160 g/mol. The van der Waals surface area contributed by atoms with Gasteiger partial charge in [-0.15, -0.1) is 0 Å². The number of amides is 1. The summed E-state index contributed by atoms with van der Waals surface area (Å²) >= 11 is 0. The van der Waals surface area contributed by atoms with E-state index in [-0.39, 0.29) is 12.5 Å². The van der Waals surface area contributed by atoms with E-state index in [0.29, 0.717) is 17.4 Å². The van der Waals surface area contributed by atoms with Crippen LogP contribution in [0, 0.1) is 0 Å². The molecule has 0 aliphatic carbocycles. The second kappa shape index (κ2) is 62.7. The van der Waals surface area contributed by atoms with Crippen molar-refractivity contribution in [2.75, 3.05) is 40.9 Å². The van der Waals surface area contributed by atoms with Crippen molar-refractivity contribution in [3.8, 4) is 0 Å². The third-order valence-corrected chi connectivity index (χ3v) is 15.9. The summed E-state index contributed by atoms with van der Waals surface area (Å²) in [6.07, 6.45) is 92.2. The second-order valence-corrected chi connectivity index (χ2v) is 25.5. The number of carbonyl (C=O) groups is 1. The molecular formula is C73H131N2O6P. The molecule has 0 bridgehead atoms. The quantitative estimate of drug-likeness (QED) is 0.0272. The summed E-state index contributed by atoms with van der Waals surface area (Å²) < 4.78 is 23.4. The fourth-order valence-electron chi connectivity index (χ4n) is 9.66. The van der Waals surface area contributed by atoms with Gasteiger partial charge in [0.15, 0.2) is 0 Å². The molecule has 0 aliphatic rings. The van der Waals surface area contributed by atoms with Crippen LogP contribution in [-0.2, 0) is 18.4 Å². The Hall–Kier alpha value is -2.84. The van der Waals surface area contributed by atoms with Crippen LogP contribution in [0.3, 0.4) is 0 Å². The Morgan fingerprint density at radius 3 is 1.13 bits per heavy atom. The summed E-state index contributed by atoms with van der Waals surface area (Å²) in [5.74, 6) is -0.210. The van der Waals surface area contributed by atoms with Gasteiger partial charge in [0.1, 0.15) is 13.2 Å². The third-order valence-electron chi connectivity index (χ3n) is 14.9. The Bertz CT molecular complexity index is 1700. The van der Waals surface area contributed by atoms with Gasteiger partial charge in [0.25, 0.3) is 7.82 Å². The first kappa shape index (κ1) is 79.2. The topological polar surface area (TPSA) is 108 Å². The minimum absolute atomic E-state index is 0.0110. The van der Waals surface area contributed by atoms with Crippen LogP contribution in [0.25, 0.3) is 0 Å². The van der Waals surface area contributed by atoms with Crippen molar-refractivity contribution >= 4 is 13.7 Å². The summed E-state index contributed by atoms with van der Waals surface area (Å²) in [7, 11) is 1.24. The highest BCUT2D eigenvalue weighted by Gasteiger charge is 2.23. The van der Waals surface area contributed by atoms with Crippen molar-refractivity contribution in [1.82, 2.24) is 5.32 Å². The molecule has 0 aromatic heterocycles. The highest BCUT2D eigenvalue weighted by molar-refractivity contribution is 7.45. The lowest BCUT2D eigenvalue weighted by atomic mass is 10.0. The number of hydrogen-bond donors (Lipinski definition) is 2. The van der Waals surface area contributed by atoms with Crippen LogP contribution in [-0.4, -0.2) is 68.5 Å². The van der Waals surface area contributed by atoms with Gasteiger partial charge in [-0.2, -0.15) is 0 Å². The molecule has 0 radical (unpaired) electrons. The predicted octanol–water partition coefficient (Wildman–Crippen LogP) is 21.2. The van der Waals surface area contributed by atoms with Crippen molar-refractivity contribution in [2.24, 2.45) is 0 Å². The average molecular weight is 1160 g/mol. The summed E-state index contributed by atoms with van der Waals surface area (Å²) in [6.45, 7) is 4.52. The molecule has 0 aromatic carbocycles. The molecule has 8 nitrogen and oxygen atoms in total. The number of aliphatic hydroxyl groups is 1. The molecule has 3 atom stereocenters. The van der Waals surface area contributed by atoms with Crippen LogP contribution in [0.5, 0.6) is 0 Å². The molecule has 0 heterocycles. The van der Waals surface area contributed by atoms with Crippen molar-refractivity contribution in [1.29, 1.82) is 0 Å². The minimum atomic E-state index is -4.62. The van der Waals surface area contributed by atoms with Gasteiger partial charge in [0, 0.05) is 6.42 Å². The fourth-order valence-corrected chi connectivity index (χ4v) is 10.4. The van der Waals surface area contributed by atoms with Gasteiger partial charge in [-0.25, -0.2) is 0 Å². The van der Waals surface area contributed by atoms with Gasteiger partial charge in [-0.3, -0.25) is 9.36 Å². The minimum Gasteiger partial charge on any atom is -0.756 e. The smallest absolute Gasteiger partial charge is 0.268 e. The third kappa shape index (κ3) is 64.7. The number of nitrogens with zero attached hydrogens (tertiary/aromatic N) is 1. The van der Waals surface area contributed by atoms with Gasteiger partial charge in [-0.1, -0.05) is 303 Å². The standard InChI is InChI=1S/C73H131N2O6P/c1-6-8-10-12-14-16-18-20-22-24-26-27-28-29-30-31-32-33-34-35-36-37-38-39-40-41-42-43-44-45-46-47-49-51-53-55-57-59-61-63-65-67-73(77)74-71(70-81-82(78,79)80-69-68-75(3,4)5)72(76)66-64-62-60-58-56-54-52-50-48-25-23-21-19-17-15-13-11-9-7-2/h8,10,14,16,20,22,26-27,29-30,32-33,48,50,56,58,64,66,71-72,76H,6-7,9,11-13,15,17-19,21,23-25,28,31,34-47,49,51-55,57,59-63,65,67-70H2,1-5H3,(H-,74,77,78,79)/b10-8-,16-14-,22-20-,27-26-,30-29-,33-32-,50-48+,58-56+,66-64+. The van der Waals surface area contributed by atoms with Crippen LogP contribution in [0.2, 0.25) is 0 Å². The molecule has 0 fully saturated rings. The van der Waals surface area contributed by atoms with Crippen LogP contribution < -0.4 is 10.2 Å². The lowest BCUT2D eigenvalue weighted by Crippen LogP contribution is -2.45. The first-order chi connectivity index (χ1) is 40.0. The van der Waals surface area contributed by atoms with E-state index in [0.717, 1.165) is 83.5 Å². The molecule has 0 aliphatic heterocycles. The second-order valence-electron chi connectivity index (χ2n) is 24.1. The van der Waals surface area contributed by atoms with E-state index in [1.807, 2.05) is 27.2 Å². The number of allylic oxidation sites excluding steroid dienone is 17. The Labute approximate surface area is 508 Å². The number of phosphoric ester groups is 1. The molecule has 2 N–H and O–H groups in total. The van der Waals surface area contributed by atoms with E-state index in [2.05, 4.69) is 116 Å². The number of nitrogens with one attached hydrogen (secondary N) is 1. The molecule has 0 saturated carbocycles. The van der Waals surface area contributed by atoms with E-state index >= 15 is 0 Å². The van der Waals surface area contributed by atoms with Gasteiger partial charge < -0.3 is 28.8 Å². The zero-order valence-electron chi connectivity index (χ0n) is 54.2. The first-order valence-electron chi connectivity index (χ1n) is 34.2. The maximum Gasteiger partial charge on any atom is 0.268 e. The van der Waals surface area contributed by atoms with Gasteiger partial charge in [-0.05, 0) is 96.3 Å². The molecule has 474 valence electrons. The number of likely N-dealkylation sites (N-methyl/N-ethyl adjacent to an activating group) is 1. The van der Waals surface area contributed by atoms with Crippen LogP contribution in [0.4, 0.5) is 0 Å². The first-order valence-corrected chi connectivity index (χ1v) is 35.7. The number of rotatable bonds is 62. The van der Waals surface area contributed by atoms with Crippen molar-refractivity contribution in [2.45, 2.75) is 309 Å². The lowest BCUT2D eigenvalue weighted by molar-refractivity contribution is -0.870. The van der Waals surface area contributed by atoms with Gasteiger partial charge >= 0.3 is 0 Å². The summed E-state index contributed by atoms with van der Waals surface area (Å²) in [5, 5.41) is 13.9. The molecule has 9 heteroatoms. The van der Waals surface area contributed by atoms with E-state index in [1.165, 1.54) is 193 Å². The number of carbonyl (C=O) groups excluding carboxylic acids is 1. The van der Waals surface area contributed by atoms with Crippen LogP contribution in [0.1, 0.15) is 296 Å². The Kier molecular flexibility index (Phi) is 60.5. The number of hydrogen-bond acceptors (Lipinski definition) is 6. The Balaban J connectivity index is 4.00. The van der Waals surface area contributed by atoms with Crippen LogP contribution in [0.15, 0.2) is 109 Å². The summed E-state index contributed by atoms with van der Waals surface area (Å²) in [4.78, 5) is 25.6. The van der Waals surface area contributed by atoms with E-state index < -0.39 is 26.6 Å². The zero-order chi connectivity index (χ0) is 59.8. The SMILES string of the molecule is CC/C=C\C/C=C\C/C=C\C/C=C\C/C=C\C/C=C\CCCCCCCCCCCCCCCCCCCCCCCCC(=O)NC(COP(=O)([O-])OCC[N+](C)(C)C)C(O)/C=C/CC/C=C/CC/C=C/CCCCCCCCCCC. The van der Waals surface area contributed by atoms with E-state index in [9.17, 15) is 19.4 Å². The molecule has 82 heavy (non-hydrogen) atoms. The van der Waals surface area contributed by atoms with Gasteiger partial charge in [0.05, 0.1) is 39.9 Å². The molecule has 0 aromatic rings. The zero-order valence-corrected chi connectivity index (χ0v) is 55.1. The van der Waals surface area contributed by atoms with Crippen molar-refractivity contribution in [3.05, 3.63) is 109 Å². The molecule has 1 amide bonds. The Morgan fingerprint density at radius 1 is 0.439 bits per heavy atom. The normalized spacial score (nSPS) is 14.4. The molecule has 0 rings (SSSR count). The predicted molar refractivity (Wildman–Crippen MR) is 357 cm³/mol. The molecular weight excluding hydrogens is 1030 g/mol. The summed E-state index contributed by atoms with van der Waals surface area (Å²) in [5.41, 5.74) is 0. The maximum absolute atomic E-state index is 13.0.